The Hall–Kier alpha value is -0.980. The van der Waals surface area contributed by atoms with E-state index >= 15 is 0 Å². The van der Waals surface area contributed by atoms with E-state index in [0.29, 0.717) is 0 Å². The molecule has 0 aromatic heterocycles. The van der Waals surface area contributed by atoms with Gasteiger partial charge in [0.2, 0.25) is 0 Å². The zero-order valence-corrected chi connectivity index (χ0v) is 7.25. The molecule has 0 aromatic carbocycles. The van der Waals surface area contributed by atoms with Crippen LogP contribution in [-0.2, 0) is 0 Å². The molecule has 0 saturated carbocycles. The van der Waals surface area contributed by atoms with Gasteiger partial charge < -0.3 is 4.90 Å². The van der Waals surface area contributed by atoms with Crippen LogP contribution in [0.4, 0.5) is 0 Å². The molecule has 1 aliphatic heterocycles. The highest BCUT2D eigenvalue weighted by molar-refractivity contribution is 5.28. The van der Waals surface area contributed by atoms with E-state index in [1.807, 2.05) is 0 Å². The predicted octanol–water partition coefficient (Wildman–Crippen LogP) is 2.34. The largest absolute Gasteiger partial charge is 0.376 e. The van der Waals surface area contributed by atoms with Gasteiger partial charge in [0.1, 0.15) is 0 Å². The summed E-state index contributed by atoms with van der Waals surface area (Å²) in [5.41, 5.74) is 1.39. The molecule has 0 saturated heterocycles. The van der Waals surface area contributed by atoms with Gasteiger partial charge in [-0.05, 0) is 24.3 Å². The molecule has 0 amide bonds. The molecule has 0 atom stereocenters. The van der Waals surface area contributed by atoms with Crippen molar-refractivity contribution in [2.75, 3.05) is 13.6 Å². The van der Waals surface area contributed by atoms with Crippen LogP contribution in [0.5, 0.6) is 0 Å². The molecule has 0 fully saturated rings. The van der Waals surface area contributed by atoms with Gasteiger partial charge in [-0.3, -0.25) is 0 Å². The van der Waals surface area contributed by atoms with E-state index in [1.54, 1.807) is 0 Å². The highest BCUT2D eigenvalue weighted by Crippen LogP contribution is 2.06. The lowest BCUT2D eigenvalue weighted by Crippen LogP contribution is -2.15. The van der Waals surface area contributed by atoms with E-state index in [4.69, 9.17) is 0 Å². The van der Waals surface area contributed by atoms with Gasteiger partial charge >= 0.3 is 0 Å². The van der Waals surface area contributed by atoms with Crippen LogP contribution in [0.15, 0.2) is 36.1 Å². The molecule has 0 bridgehead atoms. The van der Waals surface area contributed by atoms with Crippen LogP contribution < -0.4 is 0 Å². The summed E-state index contributed by atoms with van der Waals surface area (Å²) in [6, 6.07) is 0. The molecule has 60 valence electrons. The molecule has 0 radical (unpaired) electrons. The molecule has 11 heavy (non-hydrogen) atoms. The van der Waals surface area contributed by atoms with Gasteiger partial charge in [-0.15, -0.1) is 0 Å². The number of hydrogen-bond donors (Lipinski definition) is 0. The lowest BCUT2D eigenvalue weighted by atomic mass is 10.1. The summed E-state index contributed by atoms with van der Waals surface area (Å²) < 4.78 is 0. The first kappa shape index (κ1) is 8.12. The molecule has 1 heterocycles. The molecule has 0 unspecified atom stereocenters. The zero-order valence-electron chi connectivity index (χ0n) is 7.25. The zero-order chi connectivity index (χ0) is 8.10. The van der Waals surface area contributed by atoms with Crippen LogP contribution >= 0.6 is 0 Å². The van der Waals surface area contributed by atoms with E-state index in [9.17, 15) is 0 Å². The van der Waals surface area contributed by atoms with Crippen LogP contribution in [0.1, 0.15) is 13.3 Å². The molecule has 0 spiro atoms. The molecular weight excluding hydrogens is 134 g/mol. The van der Waals surface area contributed by atoms with Gasteiger partial charge in [-0.25, -0.2) is 0 Å². The third-order valence-electron chi connectivity index (χ3n) is 1.65. The fourth-order valence-electron chi connectivity index (χ4n) is 1.08. The van der Waals surface area contributed by atoms with Crippen molar-refractivity contribution in [2.24, 2.45) is 0 Å². The van der Waals surface area contributed by atoms with Crippen molar-refractivity contribution >= 4 is 0 Å². The van der Waals surface area contributed by atoms with Gasteiger partial charge in [0.25, 0.3) is 0 Å². The monoisotopic (exact) mass is 149 g/mol. The Balaban J connectivity index is 2.52. The van der Waals surface area contributed by atoms with Gasteiger partial charge in [-0.2, -0.15) is 0 Å². The fraction of sp³-hybridized carbons (Fsp3) is 0.400. The molecule has 1 nitrogen and oxygen atoms in total. The molecule has 0 N–H and O–H groups in total. The summed E-state index contributed by atoms with van der Waals surface area (Å²) in [5, 5.41) is 0. The minimum atomic E-state index is 1.03. The second kappa shape index (κ2) is 4.02. The van der Waals surface area contributed by atoms with Crippen molar-refractivity contribution < 1.29 is 0 Å². The van der Waals surface area contributed by atoms with Crippen LogP contribution in [0.3, 0.4) is 0 Å². The summed E-state index contributed by atoms with van der Waals surface area (Å²) >= 11 is 0. The van der Waals surface area contributed by atoms with Crippen LogP contribution in [0.2, 0.25) is 0 Å². The Bertz CT molecular complexity index is 199. The predicted molar refractivity (Wildman–Crippen MR) is 49.3 cm³/mol. The maximum Gasteiger partial charge on any atom is 0.0420 e. The highest BCUT2D eigenvalue weighted by atomic mass is 15.1. The van der Waals surface area contributed by atoms with Crippen molar-refractivity contribution in [2.45, 2.75) is 13.3 Å². The van der Waals surface area contributed by atoms with E-state index in [-0.39, 0.29) is 0 Å². The Kier molecular flexibility index (Phi) is 2.96. The van der Waals surface area contributed by atoms with Gasteiger partial charge in [0.15, 0.2) is 0 Å². The molecule has 1 aliphatic rings. The quantitative estimate of drug-likeness (QED) is 0.582. The fourth-order valence-corrected chi connectivity index (χ4v) is 1.08. The molecule has 0 aliphatic carbocycles. The summed E-state index contributed by atoms with van der Waals surface area (Å²) in [5.74, 6) is 0. The first-order valence-corrected chi connectivity index (χ1v) is 4.07. The standard InChI is InChI=1S/C10H15N/c1-3-4-6-10-7-5-8-11(2)9-10/h4-8H,3,9H2,1-2H3/b6-4+. The minimum Gasteiger partial charge on any atom is -0.376 e. The average Bonchev–Trinajstić information content (AvgIpc) is 2.01. The second-order valence-corrected chi connectivity index (χ2v) is 2.81. The van der Waals surface area contributed by atoms with E-state index < -0.39 is 0 Å². The number of hydrogen-bond acceptors (Lipinski definition) is 1. The van der Waals surface area contributed by atoms with Crippen molar-refractivity contribution in [1.29, 1.82) is 0 Å². The Morgan fingerprint density at radius 1 is 1.64 bits per heavy atom. The number of likely N-dealkylation sites (N-methyl/N-ethyl adjacent to an activating group) is 1. The van der Waals surface area contributed by atoms with Crippen molar-refractivity contribution in [1.82, 2.24) is 4.90 Å². The van der Waals surface area contributed by atoms with E-state index in [1.165, 1.54) is 5.57 Å². The minimum absolute atomic E-state index is 1.03. The third-order valence-corrected chi connectivity index (χ3v) is 1.65. The summed E-state index contributed by atoms with van der Waals surface area (Å²) in [4.78, 5) is 2.18. The van der Waals surface area contributed by atoms with Crippen molar-refractivity contribution in [3.8, 4) is 0 Å². The van der Waals surface area contributed by atoms with Crippen molar-refractivity contribution in [3.63, 3.8) is 0 Å². The molecule has 1 heteroatoms. The number of rotatable bonds is 2. The first-order chi connectivity index (χ1) is 5.33. The maximum atomic E-state index is 2.19. The van der Waals surface area contributed by atoms with Gasteiger partial charge in [-0.1, -0.05) is 25.2 Å². The van der Waals surface area contributed by atoms with Crippen LogP contribution in [-0.4, -0.2) is 18.5 Å². The molecular formula is C10H15N. The van der Waals surface area contributed by atoms with Gasteiger partial charge in [0.05, 0.1) is 0 Å². The first-order valence-electron chi connectivity index (χ1n) is 4.07. The summed E-state index contributed by atoms with van der Waals surface area (Å²) in [6.07, 6.45) is 11.8. The Morgan fingerprint density at radius 2 is 2.45 bits per heavy atom. The third kappa shape index (κ3) is 2.62. The maximum absolute atomic E-state index is 2.19. The normalized spacial score (nSPS) is 17.6. The molecule has 0 aromatic rings. The number of allylic oxidation sites excluding steroid dienone is 3. The second-order valence-electron chi connectivity index (χ2n) is 2.81. The van der Waals surface area contributed by atoms with Crippen LogP contribution in [0, 0.1) is 0 Å². The van der Waals surface area contributed by atoms with Crippen LogP contribution in [0.25, 0.3) is 0 Å². The number of nitrogens with zero attached hydrogens (tertiary/aromatic N) is 1. The topological polar surface area (TPSA) is 3.24 Å². The van der Waals surface area contributed by atoms with Gasteiger partial charge in [0, 0.05) is 13.6 Å². The molecule has 1 rings (SSSR count). The summed E-state index contributed by atoms with van der Waals surface area (Å²) in [6.45, 7) is 3.19. The van der Waals surface area contributed by atoms with Crippen molar-refractivity contribution in [3.05, 3.63) is 36.1 Å². The highest BCUT2D eigenvalue weighted by Gasteiger charge is 1.98. The SMILES string of the molecule is CC/C=C/C1=CC=CN(C)C1. The average molecular weight is 149 g/mol. The Morgan fingerprint density at radius 3 is 3.09 bits per heavy atom. The summed E-state index contributed by atoms with van der Waals surface area (Å²) in [7, 11) is 2.09. The van der Waals surface area contributed by atoms with E-state index in [2.05, 4.69) is 49.4 Å². The lowest BCUT2D eigenvalue weighted by Gasteiger charge is -2.17. The Labute approximate surface area is 68.7 Å². The lowest BCUT2D eigenvalue weighted by molar-refractivity contribution is 0.495. The van der Waals surface area contributed by atoms with E-state index in [0.717, 1.165) is 13.0 Å². The smallest absolute Gasteiger partial charge is 0.0420 e.